The molecular formula is C15H21NO. The molecule has 0 aromatic heterocycles. The predicted molar refractivity (Wildman–Crippen MR) is 69.1 cm³/mol. The van der Waals surface area contributed by atoms with E-state index in [1.54, 1.807) is 0 Å². The second kappa shape index (κ2) is 5.19. The van der Waals surface area contributed by atoms with Crippen LogP contribution in [0.2, 0.25) is 0 Å². The quantitative estimate of drug-likeness (QED) is 0.860. The molecule has 17 heavy (non-hydrogen) atoms. The monoisotopic (exact) mass is 231 g/mol. The van der Waals surface area contributed by atoms with Gasteiger partial charge in [0.25, 0.3) is 0 Å². The van der Waals surface area contributed by atoms with Crippen molar-refractivity contribution in [3.05, 3.63) is 35.9 Å². The Bertz CT molecular complexity index is 345. The van der Waals surface area contributed by atoms with Gasteiger partial charge in [0.2, 0.25) is 0 Å². The standard InChI is InChI=1S/C15H21NO/c1-2-4-12(5-3-1)15-10-13(15)6-7-14-11-16-8-9-17-14/h1-5,13-16H,6-11H2/t13-,14?,15?/m0/s1. The molecule has 0 spiro atoms. The summed E-state index contributed by atoms with van der Waals surface area (Å²) in [6.07, 6.45) is 4.39. The molecule has 2 fully saturated rings. The topological polar surface area (TPSA) is 21.3 Å². The van der Waals surface area contributed by atoms with E-state index >= 15 is 0 Å². The van der Waals surface area contributed by atoms with Crippen LogP contribution in [0.1, 0.15) is 30.7 Å². The first kappa shape index (κ1) is 11.2. The molecule has 92 valence electrons. The summed E-state index contributed by atoms with van der Waals surface area (Å²) in [5, 5.41) is 3.40. The molecule has 2 unspecified atom stereocenters. The number of benzene rings is 1. The molecule has 1 aromatic rings. The Morgan fingerprint density at radius 2 is 2.06 bits per heavy atom. The molecule has 1 heterocycles. The smallest absolute Gasteiger partial charge is 0.0700 e. The lowest BCUT2D eigenvalue weighted by Crippen LogP contribution is -2.38. The summed E-state index contributed by atoms with van der Waals surface area (Å²) in [4.78, 5) is 0. The Morgan fingerprint density at radius 3 is 2.82 bits per heavy atom. The van der Waals surface area contributed by atoms with Gasteiger partial charge in [-0.05, 0) is 36.7 Å². The maximum Gasteiger partial charge on any atom is 0.0700 e. The third-order valence-electron chi connectivity index (χ3n) is 4.01. The number of nitrogens with one attached hydrogen (secondary N) is 1. The first-order valence-electron chi connectivity index (χ1n) is 6.81. The minimum absolute atomic E-state index is 0.459. The molecule has 2 heteroatoms. The van der Waals surface area contributed by atoms with Gasteiger partial charge in [-0.25, -0.2) is 0 Å². The Kier molecular flexibility index (Phi) is 3.44. The van der Waals surface area contributed by atoms with Crippen molar-refractivity contribution in [1.82, 2.24) is 5.32 Å². The van der Waals surface area contributed by atoms with E-state index in [1.807, 2.05) is 0 Å². The van der Waals surface area contributed by atoms with Crippen molar-refractivity contribution in [3.8, 4) is 0 Å². The highest BCUT2D eigenvalue weighted by Crippen LogP contribution is 2.50. The highest BCUT2D eigenvalue weighted by molar-refractivity contribution is 5.25. The SMILES string of the molecule is c1ccc(C2C[C@@H]2CCC2CNCCO2)cc1. The zero-order valence-electron chi connectivity index (χ0n) is 10.3. The third-order valence-corrected chi connectivity index (χ3v) is 4.01. The molecule has 0 amide bonds. The molecule has 1 N–H and O–H groups in total. The van der Waals surface area contributed by atoms with Crippen LogP contribution in [-0.2, 0) is 4.74 Å². The van der Waals surface area contributed by atoms with E-state index in [2.05, 4.69) is 35.6 Å². The summed E-state index contributed by atoms with van der Waals surface area (Å²) in [5.74, 6) is 1.73. The Morgan fingerprint density at radius 1 is 1.18 bits per heavy atom. The Hall–Kier alpha value is -0.860. The van der Waals surface area contributed by atoms with Gasteiger partial charge in [0.1, 0.15) is 0 Å². The van der Waals surface area contributed by atoms with Crippen LogP contribution >= 0.6 is 0 Å². The molecule has 0 bridgehead atoms. The number of hydrogen-bond acceptors (Lipinski definition) is 2. The minimum Gasteiger partial charge on any atom is -0.376 e. The van der Waals surface area contributed by atoms with Crippen molar-refractivity contribution in [3.63, 3.8) is 0 Å². The molecule has 1 aromatic carbocycles. The van der Waals surface area contributed by atoms with Crippen LogP contribution in [0, 0.1) is 5.92 Å². The van der Waals surface area contributed by atoms with E-state index in [-0.39, 0.29) is 0 Å². The summed E-state index contributed by atoms with van der Waals surface area (Å²) >= 11 is 0. The van der Waals surface area contributed by atoms with Crippen molar-refractivity contribution < 1.29 is 4.74 Å². The van der Waals surface area contributed by atoms with Crippen LogP contribution in [0.3, 0.4) is 0 Å². The first-order chi connectivity index (χ1) is 8.43. The molecule has 3 rings (SSSR count). The predicted octanol–water partition coefficient (Wildman–Crippen LogP) is 2.56. The van der Waals surface area contributed by atoms with Gasteiger partial charge in [-0.2, -0.15) is 0 Å². The lowest BCUT2D eigenvalue weighted by atomic mass is 10.0. The van der Waals surface area contributed by atoms with Crippen LogP contribution < -0.4 is 5.32 Å². The third kappa shape index (κ3) is 2.88. The average molecular weight is 231 g/mol. The van der Waals surface area contributed by atoms with Gasteiger partial charge >= 0.3 is 0 Å². The van der Waals surface area contributed by atoms with Gasteiger partial charge < -0.3 is 10.1 Å². The largest absolute Gasteiger partial charge is 0.376 e. The minimum atomic E-state index is 0.459. The van der Waals surface area contributed by atoms with Gasteiger partial charge in [0, 0.05) is 13.1 Å². The van der Waals surface area contributed by atoms with Crippen LogP contribution in [0.25, 0.3) is 0 Å². The van der Waals surface area contributed by atoms with Crippen LogP contribution in [0.5, 0.6) is 0 Å². The van der Waals surface area contributed by atoms with E-state index in [9.17, 15) is 0 Å². The highest BCUT2D eigenvalue weighted by atomic mass is 16.5. The zero-order chi connectivity index (χ0) is 11.5. The molecule has 3 atom stereocenters. The summed E-state index contributed by atoms with van der Waals surface area (Å²) in [6, 6.07) is 10.9. The van der Waals surface area contributed by atoms with Gasteiger partial charge in [-0.15, -0.1) is 0 Å². The molecule has 2 nitrogen and oxygen atoms in total. The maximum absolute atomic E-state index is 5.73. The van der Waals surface area contributed by atoms with Crippen molar-refractivity contribution in [2.24, 2.45) is 5.92 Å². The van der Waals surface area contributed by atoms with E-state index in [0.29, 0.717) is 6.10 Å². The van der Waals surface area contributed by atoms with Gasteiger partial charge in [0.05, 0.1) is 12.7 Å². The summed E-state index contributed by atoms with van der Waals surface area (Å²) < 4.78 is 5.73. The molecule has 1 saturated heterocycles. The molecule has 1 aliphatic heterocycles. The highest BCUT2D eigenvalue weighted by Gasteiger charge is 2.37. The van der Waals surface area contributed by atoms with Crippen molar-refractivity contribution in [2.75, 3.05) is 19.7 Å². The Labute approximate surface area is 103 Å². The average Bonchev–Trinajstić information content (AvgIpc) is 3.18. The van der Waals surface area contributed by atoms with Crippen molar-refractivity contribution in [1.29, 1.82) is 0 Å². The van der Waals surface area contributed by atoms with Gasteiger partial charge in [-0.1, -0.05) is 30.3 Å². The molecule has 2 aliphatic rings. The zero-order valence-corrected chi connectivity index (χ0v) is 10.3. The van der Waals surface area contributed by atoms with E-state index in [1.165, 1.54) is 24.8 Å². The van der Waals surface area contributed by atoms with Crippen LogP contribution in [0.15, 0.2) is 30.3 Å². The van der Waals surface area contributed by atoms with Gasteiger partial charge in [-0.3, -0.25) is 0 Å². The lowest BCUT2D eigenvalue weighted by Gasteiger charge is -2.23. The molecular weight excluding hydrogens is 210 g/mol. The summed E-state index contributed by atoms with van der Waals surface area (Å²) in [6.45, 7) is 2.95. The summed E-state index contributed by atoms with van der Waals surface area (Å²) in [5.41, 5.74) is 1.53. The Balaban J connectivity index is 1.43. The lowest BCUT2D eigenvalue weighted by molar-refractivity contribution is 0.0215. The first-order valence-corrected chi connectivity index (χ1v) is 6.81. The second-order valence-electron chi connectivity index (χ2n) is 5.29. The van der Waals surface area contributed by atoms with Crippen molar-refractivity contribution in [2.45, 2.75) is 31.3 Å². The molecule has 0 radical (unpaired) electrons. The second-order valence-corrected chi connectivity index (χ2v) is 5.29. The van der Waals surface area contributed by atoms with E-state index in [4.69, 9.17) is 4.74 Å². The normalized spacial score (nSPS) is 32.4. The summed E-state index contributed by atoms with van der Waals surface area (Å²) in [7, 11) is 0. The number of rotatable bonds is 4. The number of hydrogen-bond donors (Lipinski definition) is 1. The fourth-order valence-electron chi connectivity index (χ4n) is 2.88. The van der Waals surface area contributed by atoms with E-state index in [0.717, 1.165) is 31.5 Å². The van der Waals surface area contributed by atoms with Crippen LogP contribution in [-0.4, -0.2) is 25.8 Å². The van der Waals surface area contributed by atoms with E-state index < -0.39 is 0 Å². The fourth-order valence-corrected chi connectivity index (χ4v) is 2.88. The number of morpholine rings is 1. The molecule has 1 saturated carbocycles. The van der Waals surface area contributed by atoms with Gasteiger partial charge in [0.15, 0.2) is 0 Å². The number of ether oxygens (including phenoxy) is 1. The van der Waals surface area contributed by atoms with Crippen LogP contribution in [0.4, 0.5) is 0 Å². The fraction of sp³-hybridized carbons (Fsp3) is 0.600. The maximum atomic E-state index is 5.73. The molecule has 1 aliphatic carbocycles. The van der Waals surface area contributed by atoms with Crippen molar-refractivity contribution >= 4 is 0 Å².